The molecule has 174 valence electrons. The summed E-state index contributed by atoms with van der Waals surface area (Å²) in [7, 11) is 0. The number of carbonyl (C=O) groups is 1. The molecule has 7 heteroatoms. The number of amides is 1. The molecule has 1 atom stereocenters. The number of rotatable bonds is 8. The molecular formula is C27H27ClN4OS. The van der Waals surface area contributed by atoms with Crippen LogP contribution in [0.2, 0.25) is 5.02 Å². The summed E-state index contributed by atoms with van der Waals surface area (Å²) in [6.45, 7) is 6.42. The van der Waals surface area contributed by atoms with Crippen molar-refractivity contribution in [1.29, 1.82) is 0 Å². The Labute approximate surface area is 209 Å². The summed E-state index contributed by atoms with van der Waals surface area (Å²) in [6.07, 6.45) is 1.09. The molecule has 4 aromatic rings. The van der Waals surface area contributed by atoms with Gasteiger partial charge in [0, 0.05) is 22.0 Å². The lowest BCUT2D eigenvalue weighted by molar-refractivity contribution is -0.113. The fourth-order valence-corrected chi connectivity index (χ4v) is 4.41. The molecule has 4 rings (SSSR count). The van der Waals surface area contributed by atoms with Crippen LogP contribution in [0.25, 0.3) is 17.1 Å². The van der Waals surface area contributed by atoms with Gasteiger partial charge in [-0.2, -0.15) is 0 Å². The van der Waals surface area contributed by atoms with Crippen LogP contribution in [0.15, 0.2) is 78.0 Å². The molecule has 0 saturated carbocycles. The molecule has 0 spiro atoms. The van der Waals surface area contributed by atoms with Crippen molar-refractivity contribution >= 4 is 35.0 Å². The lowest BCUT2D eigenvalue weighted by atomic mass is 9.99. The minimum atomic E-state index is -0.0900. The number of hydrogen-bond donors (Lipinski definition) is 1. The summed E-state index contributed by atoms with van der Waals surface area (Å²) >= 11 is 7.42. The number of nitrogens with zero attached hydrogens (tertiary/aromatic N) is 3. The standard InChI is InChI=1S/C27H27ClN4OS/c1-4-19(3)20-9-13-23(14-10-20)29-25(33)17-34-27-31-30-26(21-7-11-22(28)12-8-21)32(27)24-15-5-18(2)6-16-24/h5-16,19H,4,17H2,1-3H3,(H,29,33)/t19-/m0/s1. The van der Waals surface area contributed by atoms with Gasteiger partial charge in [-0.05, 0) is 73.4 Å². The second-order valence-corrected chi connectivity index (χ2v) is 9.63. The molecule has 0 unspecified atom stereocenters. The zero-order valence-electron chi connectivity index (χ0n) is 19.5. The van der Waals surface area contributed by atoms with E-state index in [0.29, 0.717) is 21.9 Å². The van der Waals surface area contributed by atoms with E-state index in [-0.39, 0.29) is 11.7 Å². The first-order chi connectivity index (χ1) is 16.4. The highest BCUT2D eigenvalue weighted by Gasteiger charge is 2.17. The van der Waals surface area contributed by atoms with E-state index < -0.39 is 0 Å². The molecule has 0 aliphatic heterocycles. The van der Waals surface area contributed by atoms with Crippen molar-refractivity contribution in [3.8, 4) is 17.1 Å². The summed E-state index contributed by atoms with van der Waals surface area (Å²) in [4.78, 5) is 12.7. The molecule has 1 amide bonds. The van der Waals surface area contributed by atoms with Gasteiger partial charge in [0.25, 0.3) is 0 Å². The second-order valence-electron chi connectivity index (χ2n) is 8.25. The molecule has 3 aromatic carbocycles. The molecule has 0 saturated heterocycles. The third-order valence-corrected chi connectivity index (χ3v) is 6.92. The number of anilines is 1. The fraction of sp³-hybridized carbons (Fsp3) is 0.222. The SMILES string of the molecule is CC[C@H](C)c1ccc(NC(=O)CSc2nnc(-c3ccc(Cl)cc3)n2-c2ccc(C)cc2)cc1. The summed E-state index contributed by atoms with van der Waals surface area (Å²) in [5, 5.41) is 13.1. The summed E-state index contributed by atoms with van der Waals surface area (Å²) in [5.41, 5.74) is 5.06. The highest BCUT2D eigenvalue weighted by atomic mass is 35.5. The molecule has 0 radical (unpaired) electrons. The molecule has 0 aliphatic rings. The van der Waals surface area contributed by atoms with Gasteiger partial charge in [0.05, 0.1) is 5.75 Å². The van der Waals surface area contributed by atoms with Crippen molar-refractivity contribution in [2.45, 2.75) is 38.3 Å². The van der Waals surface area contributed by atoms with Gasteiger partial charge in [0.2, 0.25) is 5.91 Å². The van der Waals surface area contributed by atoms with Crippen LogP contribution in [0.3, 0.4) is 0 Å². The van der Waals surface area contributed by atoms with Crippen molar-refractivity contribution < 1.29 is 4.79 Å². The Bertz CT molecular complexity index is 1250. The van der Waals surface area contributed by atoms with Crippen molar-refractivity contribution in [3.63, 3.8) is 0 Å². The quantitative estimate of drug-likeness (QED) is 0.266. The van der Waals surface area contributed by atoms with E-state index in [2.05, 4.69) is 41.5 Å². The van der Waals surface area contributed by atoms with Crippen LogP contribution in [-0.4, -0.2) is 26.4 Å². The second kappa shape index (κ2) is 10.9. The number of benzene rings is 3. The Kier molecular flexibility index (Phi) is 7.70. The van der Waals surface area contributed by atoms with Gasteiger partial charge in [0.15, 0.2) is 11.0 Å². The van der Waals surface area contributed by atoms with Crippen LogP contribution in [0, 0.1) is 6.92 Å². The van der Waals surface area contributed by atoms with E-state index in [0.717, 1.165) is 28.9 Å². The molecule has 0 aliphatic carbocycles. The Hall–Kier alpha value is -3.09. The Morgan fingerprint density at radius 1 is 1.00 bits per heavy atom. The van der Waals surface area contributed by atoms with E-state index in [1.807, 2.05) is 72.2 Å². The van der Waals surface area contributed by atoms with Crippen LogP contribution < -0.4 is 5.32 Å². The number of nitrogens with one attached hydrogen (secondary N) is 1. The zero-order valence-corrected chi connectivity index (χ0v) is 21.0. The van der Waals surface area contributed by atoms with E-state index >= 15 is 0 Å². The van der Waals surface area contributed by atoms with E-state index in [1.165, 1.54) is 17.3 Å². The number of carbonyl (C=O) groups excluding carboxylic acids is 1. The average Bonchev–Trinajstić information content (AvgIpc) is 3.27. The summed E-state index contributed by atoms with van der Waals surface area (Å²) in [6, 6.07) is 23.7. The monoisotopic (exact) mass is 490 g/mol. The molecular weight excluding hydrogens is 464 g/mol. The lowest BCUT2D eigenvalue weighted by Gasteiger charge is -2.12. The van der Waals surface area contributed by atoms with Crippen LogP contribution in [0.1, 0.15) is 37.3 Å². The molecule has 0 bridgehead atoms. The maximum Gasteiger partial charge on any atom is 0.234 e. The summed E-state index contributed by atoms with van der Waals surface area (Å²) in [5.74, 6) is 1.33. The molecule has 1 aromatic heterocycles. The lowest BCUT2D eigenvalue weighted by Crippen LogP contribution is -2.14. The van der Waals surface area contributed by atoms with E-state index in [9.17, 15) is 4.79 Å². The normalized spacial score (nSPS) is 11.9. The van der Waals surface area contributed by atoms with Crippen molar-refractivity contribution in [2.75, 3.05) is 11.1 Å². The van der Waals surface area contributed by atoms with Crippen LogP contribution in [0.4, 0.5) is 5.69 Å². The van der Waals surface area contributed by atoms with Crippen LogP contribution >= 0.6 is 23.4 Å². The van der Waals surface area contributed by atoms with Gasteiger partial charge in [0.1, 0.15) is 0 Å². The topological polar surface area (TPSA) is 59.8 Å². The van der Waals surface area contributed by atoms with Crippen LogP contribution in [-0.2, 0) is 4.79 Å². The predicted octanol–water partition coefficient (Wildman–Crippen LogP) is 7.14. The smallest absolute Gasteiger partial charge is 0.234 e. The third-order valence-electron chi connectivity index (χ3n) is 5.74. The number of halogens is 1. The first-order valence-electron chi connectivity index (χ1n) is 11.3. The first-order valence-corrected chi connectivity index (χ1v) is 12.6. The van der Waals surface area contributed by atoms with Crippen molar-refractivity contribution in [2.24, 2.45) is 0 Å². The third kappa shape index (κ3) is 5.69. The highest BCUT2D eigenvalue weighted by molar-refractivity contribution is 7.99. The van der Waals surface area contributed by atoms with Gasteiger partial charge < -0.3 is 5.32 Å². The molecule has 5 nitrogen and oxygen atoms in total. The average molecular weight is 491 g/mol. The van der Waals surface area contributed by atoms with E-state index in [1.54, 1.807) is 0 Å². The fourth-order valence-electron chi connectivity index (χ4n) is 3.53. The largest absolute Gasteiger partial charge is 0.325 e. The number of hydrogen-bond acceptors (Lipinski definition) is 4. The number of aromatic nitrogens is 3. The summed E-state index contributed by atoms with van der Waals surface area (Å²) < 4.78 is 1.97. The van der Waals surface area contributed by atoms with Gasteiger partial charge in [-0.15, -0.1) is 10.2 Å². The molecule has 1 N–H and O–H groups in total. The minimum Gasteiger partial charge on any atom is -0.325 e. The highest BCUT2D eigenvalue weighted by Crippen LogP contribution is 2.29. The Morgan fingerprint density at radius 3 is 2.32 bits per heavy atom. The Morgan fingerprint density at radius 2 is 1.68 bits per heavy atom. The molecule has 0 fully saturated rings. The molecule has 34 heavy (non-hydrogen) atoms. The van der Waals surface area contributed by atoms with Crippen LogP contribution in [0.5, 0.6) is 0 Å². The van der Waals surface area contributed by atoms with E-state index in [4.69, 9.17) is 11.6 Å². The van der Waals surface area contributed by atoms with Gasteiger partial charge in [-0.1, -0.05) is 67.0 Å². The maximum absolute atomic E-state index is 12.7. The number of thioether (sulfide) groups is 1. The van der Waals surface area contributed by atoms with Gasteiger partial charge in [-0.3, -0.25) is 9.36 Å². The van der Waals surface area contributed by atoms with Crippen molar-refractivity contribution in [1.82, 2.24) is 14.8 Å². The number of aryl methyl sites for hydroxylation is 1. The minimum absolute atomic E-state index is 0.0900. The van der Waals surface area contributed by atoms with Gasteiger partial charge >= 0.3 is 0 Å². The van der Waals surface area contributed by atoms with Crippen molar-refractivity contribution in [3.05, 3.63) is 88.9 Å². The predicted molar refractivity (Wildman–Crippen MR) is 141 cm³/mol. The molecule has 1 heterocycles. The van der Waals surface area contributed by atoms with Gasteiger partial charge in [-0.25, -0.2) is 0 Å². The zero-order chi connectivity index (χ0) is 24.1. The Balaban J connectivity index is 1.53. The maximum atomic E-state index is 12.7. The first kappa shape index (κ1) is 24.0.